The summed E-state index contributed by atoms with van der Waals surface area (Å²) in [5.74, 6) is 0. The molecule has 6 heteroatoms. The molecular weight excluding hydrogens is 286 g/mol. The molecule has 0 aromatic heterocycles. The minimum absolute atomic E-state index is 0.144. The fourth-order valence-corrected chi connectivity index (χ4v) is 3.28. The van der Waals surface area contributed by atoms with E-state index in [1.165, 1.54) is 0 Å². The summed E-state index contributed by atoms with van der Waals surface area (Å²) in [5, 5.41) is 8.18. The lowest BCUT2D eigenvalue weighted by Crippen LogP contribution is -2.36. The monoisotopic (exact) mass is 299 g/mol. The van der Waals surface area contributed by atoms with Crippen LogP contribution >= 0.6 is 0 Å². The predicted molar refractivity (Wildman–Crippen MR) is 82.2 cm³/mol. The van der Waals surface area contributed by atoms with Gasteiger partial charge >= 0.3 is 0 Å². The number of hydrogen-bond donors (Lipinski definition) is 1. The molecule has 0 unspecified atom stereocenters. The summed E-state index contributed by atoms with van der Waals surface area (Å²) in [6, 6.07) is 16.4. The second-order valence-corrected chi connectivity index (χ2v) is 6.26. The molecule has 21 heavy (non-hydrogen) atoms. The summed E-state index contributed by atoms with van der Waals surface area (Å²) < 4.78 is 26.3. The number of nitrogens with one attached hydrogen (secondary N) is 1. The van der Waals surface area contributed by atoms with Crippen LogP contribution in [-0.4, -0.2) is 26.9 Å². The van der Waals surface area contributed by atoms with E-state index in [2.05, 4.69) is 14.9 Å². The summed E-state index contributed by atoms with van der Waals surface area (Å²) in [6.45, 7) is 0.144. The topological polar surface area (TPSA) is 70.9 Å². The van der Waals surface area contributed by atoms with Crippen LogP contribution in [0.4, 0.5) is 0 Å². The molecule has 2 aromatic carbocycles. The number of fused-ring (bicyclic) bond motifs is 1. The van der Waals surface area contributed by atoms with E-state index in [4.69, 9.17) is 0 Å². The molecule has 0 fully saturated rings. The van der Waals surface area contributed by atoms with Crippen LogP contribution in [-0.2, 0) is 10.0 Å². The van der Waals surface area contributed by atoms with Gasteiger partial charge in [0.05, 0.1) is 23.4 Å². The third-order valence-corrected chi connectivity index (χ3v) is 4.56. The summed E-state index contributed by atoms with van der Waals surface area (Å²) in [4.78, 5) is 0.241. The standard InChI is InChI=1S/C15H13N3O2S/c19-21(20)15-9-5-4-8-13(15)14(11-17-21)18-16-10-12-6-2-1-3-7-12/h1-10,17H,11H2/b16-10+,18-14+. The lowest BCUT2D eigenvalue weighted by atomic mass is 10.1. The highest BCUT2D eigenvalue weighted by Gasteiger charge is 2.26. The first-order valence-corrected chi connectivity index (χ1v) is 7.89. The highest BCUT2D eigenvalue weighted by Crippen LogP contribution is 2.20. The molecule has 0 saturated carbocycles. The summed E-state index contributed by atoms with van der Waals surface area (Å²) in [5.41, 5.74) is 2.14. The van der Waals surface area contributed by atoms with E-state index in [0.29, 0.717) is 11.3 Å². The van der Waals surface area contributed by atoms with Crippen molar-refractivity contribution in [1.29, 1.82) is 0 Å². The van der Waals surface area contributed by atoms with E-state index in [-0.39, 0.29) is 11.4 Å². The lowest BCUT2D eigenvalue weighted by Gasteiger charge is -2.17. The van der Waals surface area contributed by atoms with Crippen LogP contribution in [0.15, 0.2) is 69.7 Å². The Morgan fingerprint density at radius 1 is 1.00 bits per heavy atom. The van der Waals surface area contributed by atoms with E-state index in [9.17, 15) is 8.42 Å². The van der Waals surface area contributed by atoms with Crippen molar-refractivity contribution in [2.45, 2.75) is 4.90 Å². The average molecular weight is 299 g/mol. The second-order valence-electron chi connectivity index (χ2n) is 4.52. The molecular formula is C15H13N3O2S. The Balaban J connectivity index is 1.94. The third-order valence-electron chi connectivity index (χ3n) is 3.10. The molecule has 0 saturated heterocycles. The molecule has 2 aromatic rings. The molecule has 0 bridgehead atoms. The third kappa shape index (κ3) is 2.91. The molecule has 1 N–H and O–H groups in total. The summed E-state index contributed by atoms with van der Waals surface area (Å²) >= 11 is 0. The predicted octanol–water partition coefficient (Wildman–Crippen LogP) is 1.80. The quantitative estimate of drug-likeness (QED) is 0.678. The second kappa shape index (κ2) is 5.59. The van der Waals surface area contributed by atoms with Crippen molar-refractivity contribution < 1.29 is 8.42 Å². The number of sulfonamides is 1. The minimum atomic E-state index is -3.43. The van der Waals surface area contributed by atoms with Crippen LogP contribution in [0.3, 0.4) is 0 Å². The Kier molecular flexibility index (Phi) is 3.64. The molecule has 0 atom stereocenters. The van der Waals surface area contributed by atoms with Crippen LogP contribution in [0.1, 0.15) is 11.1 Å². The maximum absolute atomic E-state index is 11.9. The zero-order valence-corrected chi connectivity index (χ0v) is 11.9. The molecule has 0 spiro atoms. The minimum Gasteiger partial charge on any atom is -0.207 e. The highest BCUT2D eigenvalue weighted by molar-refractivity contribution is 7.89. The molecule has 0 aliphatic carbocycles. The van der Waals surface area contributed by atoms with E-state index < -0.39 is 10.0 Å². The first-order valence-electron chi connectivity index (χ1n) is 6.41. The van der Waals surface area contributed by atoms with Gasteiger partial charge in [-0.3, -0.25) is 0 Å². The van der Waals surface area contributed by atoms with Gasteiger partial charge < -0.3 is 0 Å². The van der Waals surface area contributed by atoms with Gasteiger partial charge in [-0.15, -0.1) is 0 Å². The molecule has 1 aliphatic heterocycles. The van der Waals surface area contributed by atoms with Gasteiger partial charge in [0.1, 0.15) is 0 Å². The molecule has 1 heterocycles. The van der Waals surface area contributed by atoms with Crippen LogP contribution in [0.5, 0.6) is 0 Å². The fraction of sp³-hybridized carbons (Fsp3) is 0.0667. The average Bonchev–Trinajstić information content (AvgIpc) is 2.51. The summed E-state index contributed by atoms with van der Waals surface area (Å²) in [6.07, 6.45) is 1.64. The van der Waals surface area contributed by atoms with Gasteiger partial charge in [-0.2, -0.15) is 10.2 Å². The molecule has 106 valence electrons. The van der Waals surface area contributed by atoms with Crippen molar-refractivity contribution in [3.8, 4) is 0 Å². The van der Waals surface area contributed by atoms with Gasteiger partial charge in [0, 0.05) is 5.56 Å². The smallest absolute Gasteiger partial charge is 0.207 e. The Morgan fingerprint density at radius 2 is 1.71 bits per heavy atom. The Morgan fingerprint density at radius 3 is 2.52 bits per heavy atom. The van der Waals surface area contributed by atoms with Crippen molar-refractivity contribution in [1.82, 2.24) is 4.72 Å². The molecule has 3 rings (SSSR count). The lowest BCUT2D eigenvalue weighted by molar-refractivity contribution is 0.584. The van der Waals surface area contributed by atoms with Gasteiger partial charge in [-0.25, -0.2) is 13.1 Å². The van der Waals surface area contributed by atoms with E-state index in [1.54, 1.807) is 30.5 Å². The Hall–Kier alpha value is -2.31. The van der Waals surface area contributed by atoms with E-state index in [1.807, 2.05) is 30.3 Å². The van der Waals surface area contributed by atoms with Crippen molar-refractivity contribution in [2.24, 2.45) is 10.2 Å². The number of benzene rings is 2. The molecule has 0 amide bonds. The summed E-state index contributed by atoms with van der Waals surface area (Å²) in [7, 11) is -3.43. The van der Waals surface area contributed by atoms with Gasteiger partial charge in [0.15, 0.2) is 0 Å². The Bertz CT molecular complexity index is 812. The van der Waals surface area contributed by atoms with Crippen LogP contribution < -0.4 is 4.72 Å². The van der Waals surface area contributed by atoms with Crippen LogP contribution in [0.25, 0.3) is 0 Å². The molecule has 5 nitrogen and oxygen atoms in total. The van der Waals surface area contributed by atoms with Crippen LogP contribution in [0.2, 0.25) is 0 Å². The number of hydrogen-bond acceptors (Lipinski definition) is 4. The van der Waals surface area contributed by atoms with Crippen molar-refractivity contribution in [3.63, 3.8) is 0 Å². The van der Waals surface area contributed by atoms with Crippen LogP contribution in [0, 0.1) is 0 Å². The highest BCUT2D eigenvalue weighted by atomic mass is 32.2. The van der Waals surface area contributed by atoms with Gasteiger partial charge in [-0.05, 0) is 11.6 Å². The molecule has 0 radical (unpaired) electrons. The molecule has 1 aliphatic rings. The van der Waals surface area contributed by atoms with E-state index >= 15 is 0 Å². The maximum atomic E-state index is 11.9. The first kappa shape index (κ1) is 13.7. The zero-order valence-electron chi connectivity index (χ0n) is 11.1. The van der Waals surface area contributed by atoms with Crippen molar-refractivity contribution >= 4 is 21.9 Å². The maximum Gasteiger partial charge on any atom is 0.241 e. The van der Waals surface area contributed by atoms with Crippen molar-refractivity contribution in [2.75, 3.05) is 6.54 Å². The van der Waals surface area contributed by atoms with Gasteiger partial charge in [0.2, 0.25) is 10.0 Å². The van der Waals surface area contributed by atoms with E-state index in [0.717, 1.165) is 5.56 Å². The number of nitrogens with zero attached hydrogens (tertiary/aromatic N) is 2. The first-order chi connectivity index (χ1) is 10.2. The largest absolute Gasteiger partial charge is 0.241 e. The SMILES string of the molecule is O=S1(=O)NC/C(=N\N=C\c2ccccc2)c2ccccc21. The zero-order chi connectivity index (χ0) is 14.7. The fourth-order valence-electron chi connectivity index (χ4n) is 2.07. The number of rotatable bonds is 2. The van der Waals surface area contributed by atoms with Gasteiger partial charge in [0.25, 0.3) is 0 Å². The van der Waals surface area contributed by atoms with Gasteiger partial charge in [-0.1, -0.05) is 48.5 Å². The van der Waals surface area contributed by atoms with Crippen molar-refractivity contribution in [3.05, 3.63) is 65.7 Å². The normalized spacial score (nSPS) is 18.8. The Labute approximate surface area is 123 Å².